The van der Waals surface area contributed by atoms with Crippen molar-refractivity contribution in [2.45, 2.75) is 18.1 Å². The van der Waals surface area contributed by atoms with Crippen LogP contribution in [0.5, 0.6) is 0 Å². The second-order valence-electron chi connectivity index (χ2n) is 5.49. The molecule has 1 aromatic carbocycles. The fourth-order valence-corrected chi connectivity index (χ4v) is 4.78. The summed E-state index contributed by atoms with van der Waals surface area (Å²) in [4.78, 5) is 15.3. The van der Waals surface area contributed by atoms with E-state index >= 15 is 0 Å². The highest BCUT2D eigenvalue weighted by molar-refractivity contribution is 7.92. The quantitative estimate of drug-likeness (QED) is 0.823. The maximum Gasteiger partial charge on any atom is 0.269 e. The number of para-hydroxylation sites is 1. The molecule has 1 atom stereocenters. The number of nitrogens with one attached hydrogen (secondary N) is 2. The summed E-state index contributed by atoms with van der Waals surface area (Å²) >= 11 is 5.23. The molecule has 1 amide bonds. The van der Waals surface area contributed by atoms with Crippen LogP contribution in [0.4, 0.5) is 0 Å². The van der Waals surface area contributed by atoms with Crippen molar-refractivity contribution in [3.8, 4) is 5.69 Å². The van der Waals surface area contributed by atoms with Crippen LogP contribution in [0.25, 0.3) is 5.69 Å². The Morgan fingerprint density at radius 3 is 2.74 bits per heavy atom. The number of aromatic amines is 1. The van der Waals surface area contributed by atoms with E-state index < -0.39 is 15.1 Å². The Kier molecular flexibility index (Phi) is 4.36. The summed E-state index contributed by atoms with van der Waals surface area (Å²) in [7, 11) is -3.07. The molecule has 1 aromatic heterocycles. The van der Waals surface area contributed by atoms with Crippen LogP contribution < -0.4 is 5.32 Å². The second-order valence-corrected chi connectivity index (χ2v) is 8.28. The molecule has 1 fully saturated rings. The van der Waals surface area contributed by atoms with Crippen LogP contribution in [0.1, 0.15) is 23.3 Å². The summed E-state index contributed by atoms with van der Waals surface area (Å²) in [5.41, 5.74) is 1.13. The van der Waals surface area contributed by atoms with Crippen molar-refractivity contribution in [2.75, 3.05) is 12.3 Å². The molecule has 3 rings (SSSR count). The first-order chi connectivity index (χ1) is 11.0. The standard InChI is InChI=1S/C15H17N3O3S2/c19-14(16-9-12-7-4-8-23(12,20)21)13-10-17-15(22)18(13)11-5-2-1-3-6-11/h1-3,5-6,10,12H,4,7-9H2,(H,16,19)(H,17,22)/t12-/m0/s1. The third kappa shape index (κ3) is 3.23. The number of H-pyrrole nitrogens is 1. The minimum Gasteiger partial charge on any atom is -0.349 e. The third-order valence-corrected chi connectivity index (χ3v) is 6.55. The van der Waals surface area contributed by atoms with Gasteiger partial charge in [0, 0.05) is 18.4 Å². The molecular weight excluding hydrogens is 334 g/mol. The molecule has 0 saturated carbocycles. The summed E-state index contributed by atoms with van der Waals surface area (Å²) in [6, 6.07) is 9.29. The second kappa shape index (κ2) is 6.29. The van der Waals surface area contributed by atoms with E-state index in [0.717, 1.165) is 5.69 Å². The molecule has 0 bridgehead atoms. The van der Waals surface area contributed by atoms with Crippen molar-refractivity contribution in [3.05, 3.63) is 47.0 Å². The molecule has 2 N–H and O–H groups in total. The van der Waals surface area contributed by atoms with Crippen LogP contribution in [-0.2, 0) is 9.84 Å². The van der Waals surface area contributed by atoms with Crippen LogP contribution >= 0.6 is 12.2 Å². The number of hydrogen-bond donors (Lipinski definition) is 2. The van der Waals surface area contributed by atoms with Crippen molar-refractivity contribution >= 4 is 28.0 Å². The van der Waals surface area contributed by atoms with E-state index in [-0.39, 0.29) is 18.2 Å². The van der Waals surface area contributed by atoms with Gasteiger partial charge in [0.2, 0.25) is 0 Å². The minimum atomic E-state index is -3.07. The summed E-state index contributed by atoms with van der Waals surface area (Å²) in [6.07, 6.45) is 2.79. The average molecular weight is 351 g/mol. The molecule has 8 heteroatoms. The van der Waals surface area contributed by atoms with Gasteiger partial charge in [-0.15, -0.1) is 0 Å². The Bertz CT molecular complexity index is 869. The number of sulfone groups is 1. The van der Waals surface area contributed by atoms with Gasteiger partial charge in [0.25, 0.3) is 5.91 Å². The number of imidazole rings is 1. The predicted octanol–water partition coefficient (Wildman–Crippen LogP) is 1.84. The van der Waals surface area contributed by atoms with Gasteiger partial charge in [0.15, 0.2) is 14.6 Å². The van der Waals surface area contributed by atoms with E-state index in [4.69, 9.17) is 12.2 Å². The topological polar surface area (TPSA) is 84.0 Å². The van der Waals surface area contributed by atoms with Crippen LogP contribution in [0.3, 0.4) is 0 Å². The molecule has 2 aromatic rings. The Morgan fingerprint density at radius 2 is 2.09 bits per heavy atom. The number of hydrogen-bond acceptors (Lipinski definition) is 4. The lowest BCUT2D eigenvalue weighted by atomic mass is 10.2. The zero-order chi connectivity index (χ0) is 16.4. The molecular formula is C15H17N3O3S2. The summed E-state index contributed by atoms with van der Waals surface area (Å²) in [5, 5.41) is 2.23. The number of benzene rings is 1. The SMILES string of the molecule is O=C(NC[C@@H]1CCCS1(=O)=O)c1c[nH]c(=S)n1-c1ccccc1. The van der Waals surface area contributed by atoms with Crippen LogP contribution in [0.15, 0.2) is 36.5 Å². The van der Waals surface area contributed by atoms with Crippen molar-refractivity contribution in [1.82, 2.24) is 14.9 Å². The molecule has 122 valence electrons. The molecule has 0 radical (unpaired) electrons. The molecule has 6 nitrogen and oxygen atoms in total. The van der Waals surface area contributed by atoms with Crippen LogP contribution in [0, 0.1) is 4.77 Å². The Hall–Kier alpha value is -1.93. The van der Waals surface area contributed by atoms with E-state index in [1.165, 1.54) is 6.20 Å². The van der Waals surface area contributed by atoms with Gasteiger partial charge < -0.3 is 10.3 Å². The monoisotopic (exact) mass is 351 g/mol. The molecule has 0 spiro atoms. The zero-order valence-electron chi connectivity index (χ0n) is 12.4. The number of carbonyl (C=O) groups excluding carboxylic acids is 1. The molecule has 0 aliphatic carbocycles. The van der Waals surface area contributed by atoms with Gasteiger partial charge in [-0.2, -0.15) is 0 Å². The highest BCUT2D eigenvalue weighted by Gasteiger charge is 2.31. The molecule has 1 aliphatic rings. The van der Waals surface area contributed by atoms with Gasteiger partial charge in [-0.3, -0.25) is 9.36 Å². The number of carbonyl (C=O) groups is 1. The van der Waals surface area contributed by atoms with E-state index in [9.17, 15) is 13.2 Å². The van der Waals surface area contributed by atoms with E-state index in [2.05, 4.69) is 10.3 Å². The zero-order valence-corrected chi connectivity index (χ0v) is 14.0. The number of aromatic nitrogens is 2. The number of amides is 1. The highest BCUT2D eigenvalue weighted by atomic mass is 32.2. The van der Waals surface area contributed by atoms with Crippen molar-refractivity contribution in [2.24, 2.45) is 0 Å². The fourth-order valence-electron chi connectivity index (χ4n) is 2.75. The summed E-state index contributed by atoms with van der Waals surface area (Å²) in [5.74, 6) is -0.138. The van der Waals surface area contributed by atoms with Crippen molar-refractivity contribution < 1.29 is 13.2 Å². The predicted molar refractivity (Wildman–Crippen MR) is 90.1 cm³/mol. The first kappa shape index (κ1) is 15.9. The van der Waals surface area contributed by atoms with Crippen molar-refractivity contribution in [1.29, 1.82) is 0 Å². The number of nitrogens with zero attached hydrogens (tertiary/aromatic N) is 1. The molecule has 23 heavy (non-hydrogen) atoms. The average Bonchev–Trinajstić information content (AvgIpc) is 3.08. The molecule has 1 saturated heterocycles. The highest BCUT2D eigenvalue weighted by Crippen LogP contribution is 2.19. The van der Waals surface area contributed by atoms with Gasteiger partial charge in [0.05, 0.1) is 11.0 Å². The Labute approximate surface area is 139 Å². The van der Waals surface area contributed by atoms with Gasteiger partial charge >= 0.3 is 0 Å². The third-order valence-electron chi connectivity index (χ3n) is 3.98. The molecule has 2 heterocycles. The lowest BCUT2D eigenvalue weighted by molar-refractivity contribution is 0.0946. The molecule has 0 unspecified atom stereocenters. The summed E-state index contributed by atoms with van der Waals surface area (Å²) in [6.45, 7) is 0.133. The molecule has 1 aliphatic heterocycles. The van der Waals surface area contributed by atoms with Crippen LogP contribution in [0.2, 0.25) is 0 Å². The van der Waals surface area contributed by atoms with E-state index in [1.54, 1.807) is 4.57 Å². The Morgan fingerprint density at radius 1 is 1.35 bits per heavy atom. The first-order valence-corrected chi connectivity index (χ1v) is 9.47. The fraction of sp³-hybridized carbons (Fsp3) is 0.333. The van der Waals surface area contributed by atoms with Gasteiger partial charge in [0.1, 0.15) is 5.69 Å². The number of rotatable bonds is 4. The van der Waals surface area contributed by atoms with Crippen LogP contribution in [-0.4, -0.2) is 41.4 Å². The lowest BCUT2D eigenvalue weighted by Crippen LogP contribution is -2.35. The van der Waals surface area contributed by atoms with E-state index in [1.807, 2.05) is 30.3 Å². The maximum atomic E-state index is 12.4. The smallest absolute Gasteiger partial charge is 0.269 e. The van der Waals surface area contributed by atoms with Crippen molar-refractivity contribution in [3.63, 3.8) is 0 Å². The Balaban J connectivity index is 1.80. The minimum absolute atomic E-state index is 0.133. The summed E-state index contributed by atoms with van der Waals surface area (Å²) < 4.78 is 25.7. The van der Waals surface area contributed by atoms with Gasteiger partial charge in [-0.25, -0.2) is 8.42 Å². The first-order valence-electron chi connectivity index (χ1n) is 7.34. The van der Waals surface area contributed by atoms with Gasteiger partial charge in [-0.1, -0.05) is 18.2 Å². The largest absolute Gasteiger partial charge is 0.349 e. The normalized spacial score (nSPS) is 19.6. The van der Waals surface area contributed by atoms with Gasteiger partial charge in [-0.05, 0) is 37.2 Å². The lowest BCUT2D eigenvalue weighted by Gasteiger charge is -2.12. The maximum absolute atomic E-state index is 12.4. The van der Waals surface area contributed by atoms with E-state index in [0.29, 0.717) is 23.3 Å².